The van der Waals surface area contributed by atoms with E-state index in [1.807, 2.05) is 17.0 Å². The van der Waals surface area contributed by atoms with Crippen molar-refractivity contribution in [1.29, 1.82) is 0 Å². The van der Waals surface area contributed by atoms with Gasteiger partial charge in [0.25, 0.3) is 5.22 Å². The summed E-state index contributed by atoms with van der Waals surface area (Å²) < 4.78 is 16.8. The van der Waals surface area contributed by atoms with Crippen LogP contribution < -0.4 is 0 Å². The molecule has 27 heavy (non-hydrogen) atoms. The molecule has 1 aromatic carbocycles. The standard InChI is InChI=1S/C18H20ClN3O4S/c19-14-5-3-12(4-6-14)16-20-21-18(26-16)27-11-15(23)22-7-1-2-13(10-22)17-24-8-9-25-17/h3-6,13,17H,1-2,7-11H2/t13-/m0/s1. The van der Waals surface area contributed by atoms with Crippen molar-refractivity contribution in [3.8, 4) is 11.5 Å². The van der Waals surface area contributed by atoms with E-state index < -0.39 is 0 Å². The van der Waals surface area contributed by atoms with Gasteiger partial charge in [0.05, 0.1) is 19.0 Å². The number of carbonyl (C=O) groups is 1. The predicted octanol–water partition coefficient (Wildman–Crippen LogP) is 3.09. The van der Waals surface area contributed by atoms with Crippen LogP contribution in [0, 0.1) is 5.92 Å². The summed E-state index contributed by atoms with van der Waals surface area (Å²) in [6.45, 7) is 2.71. The molecular formula is C18H20ClN3O4S. The lowest BCUT2D eigenvalue weighted by atomic mass is 9.97. The third-order valence-electron chi connectivity index (χ3n) is 4.66. The summed E-state index contributed by atoms with van der Waals surface area (Å²) in [6.07, 6.45) is 1.81. The molecule has 9 heteroatoms. The maximum absolute atomic E-state index is 12.6. The van der Waals surface area contributed by atoms with Crippen LogP contribution in [0.25, 0.3) is 11.5 Å². The SMILES string of the molecule is O=C(CSc1nnc(-c2ccc(Cl)cc2)o1)N1CCC[C@H](C2OCCO2)C1. The molecule has 2 aromatic rings. The fourth-order valence-corrected chi connectivity index (χ4v) is 4.09. The Morgan fingerprint density at radius 2 is 2.00 bits per heavy atom. The predicted molar refractivity (Wildman–Crippen MR) is 100 cm³/mol. The van der Waals surface area contributed by atoms with Crippen LogP contribution in [0.2, 0.25) is 5.02 Å². The first-order valence-electron chi connectivity index (χ1n) is 8.92. The number of benzene rings is 1. The second kappa shape index (κ2) is 8.60. The van der Waals surface area contributed by atoms with Crippen LogP contribution in [0.5, 0.6) is 0 Å². The number of thioether (sulfide) groups is 1. The van der Waals surface area contributed by atoms with Gasteiger partial charge >= 0.3 is 0 Å². The van der Waals surface area contributed by atoms with Crippen LogP contribution in [0.4, 0.5) is 0 Å². The molecule has 3 heterocycles. The van der Waals surface area contributed by atoms with Crippen LogP contribution in [-0.4, -0.2) is 59.4 Å². The number of carbonyl (C=O) groups excluding carboxylic acids is 1. The molecule has 0 spiro atoms. The van der Waals surface area contributed by atoms with Crippen LogP contribution in [0.15, 0.2) is 33.9 Å². The monoisotopic (exact) mass is 409 g/mol. The van der Waals surface area contributed by atoms with E-state index in [-0.39, 0.29) is 23.9 Å². The van der Waals surface area contributed by atoms with E-state index in [9.17, 15) is 4.79 Å². The lowest BCUT2D eigenvalue weighted by molar-refractivity contribution is -0.136. The molecule has 0 unspecified atom stereocenters. The molecule has 0 radical (unpaired) electrons. The first kappa shape index (κ1) is 18.7. The van der Waals surface area contributed by atoms with Crippen molar-refractivity contribution in [3.63, 3.8) is 0 Å². The number of amides is 1. The van der Waals surface area contributed by atoms with Gasteiger partial charge in [-0.1, -0.05) is 23.4 Å². The number of likely N-dealkylation sites (tertiary alicyclic amines) is 1. The Bertz CT molecular complexity index is 779. The average molecular weight is 410 g/mol. The summed E-state index contributed by atoms with van der Waals surface area (Å²) in [7, 11) is 0. The number of rotatable bonds is 5. The normalized spacial score (nSPS) is 20.9. The molecular weight excluding hydrogens is 390 g/mol. The number of halogens is 1. The van der Waals surface area contributed by atoms with Gasteiger partial charge in [-0.3, -0.25) is 4.79 Å². The number of nitrogens with zero attached hydrogens (tertiary/aromatic N) is 3. The summed E-state index contributed by atoms with van der Waals surface area (Å²) >= 11 is 7.14. The minimum Gasteiger partial charge on any atom is -0.411 e. The smallest absolute Gasteiger partial charge is 0.277 e. The highest BCUT2D eigenvalue weighted by Gasteiger charge is 2.32. The molecule has 2 aliphatic rings. The Morgan fingerprint density at radius 3 is 2.78 bits per heavy atom. The zero-order chi connectivity index (χ0) is 18.6. The maximum atomic E-state index is 12.6. The molecule has 2 saturated heterocycles. The molecule has 0 aliphatic carbocycles. The lowest BCUT2D eigenvalue weighted by Crippen LogP contribution is -2.44. The zero-order valence-corrected chi connectivity index (χ0v) is 16.2. The van der Waals surface area contributed by atoms with Gasteiger partial charge in [-0.05, 0) is 37.1 Å². The summed E-state index contributed by atoms with van der Waals surface area (Å²) in [5.74, 6) is 0.987. The summed E-state index contributed by atoms with van der Waals surface area (Å²) in [5, 5.41) is 9.07. The van der Waals surface area contributed by atoms with E-state index in [4.69, 9.17) is 25.5 Å². The molecule has 0 saturated carbocycles. The molecule has 1 atom stereocenters. The average Bonchev–Trinajstić information content (AvgIpc) is 3.39. The molecule has 0 N–H and O–H groups in total. The van der Waals surface area contributed by atoms with Crippen molar-refractivity contribution in [1.82, 2.24) is 15.1 Å². The van der Waals surface area contributed by atoms with Gasteiger partial charge in [0.1, 0.15) is 0 Å². The zero-order valence-electron chi connectivity index (χ0n) is 14.7. The highest BCUT2D eigenvalue weighted by molar-refractivity contribution is 7.99. The van der Waals surface area contributed by atoms with Crippen LogP contribution >= 0.6 is 23.4 Å². The second-order valence-electron chi connectivity index (χ2n) is 6.52. The van der Waals surface area contributed by atoms with Gasteiger partial charge in [-0.15, -0.1) is 10.2 Å². The van der Waals surface area contributed by atoms with E-state index in [0.717, 1.165) is 24.9 Å². The van der Waals surface area contributed by atoms with E-state index in [2.05, 4.69) is 10.2 Å². The fourth-order valence-electron chi connectivity index (χ4n) is 3.30. The lowest BCUT2D eigenvalue weighted by Gasteiger charge is -2.34. The number of hydrogen-bond donors (Lipinski definition) is 0. The fraction of sp³-hybridized carbons (Fsp3) is 0.500. The highest BCUT2D eigenvalue weighted by atomic mass is 35.5. The largest absolute Gasteiger partial charge is 0.411 e. The molecule has 1 aromatic heterocycles. The maximum Gasteiger partial charge on any atom is 0.277 e. The Hall–Kier alpha value is -1.61. The molecule has 0 bridgehead atoms. The second-order valence-corrected chi connectivity index (χ2v) is 7.88. The van der Waals surface area contributed by atoms with Crippen molar-refractivity contribution in [2.24, 2.45) is 5.92 Å². The quantitative estimate of drug-likeness (QED) is 0.702. The van der Waals surface area contributed by atoms with Gasteiger partial charge in [0, 0.05) is 29.6 Å². The Kier molecular flexibility index (Phi) is 5.97. The van der Waals surface area contributed by atoms with Crippen molar-refractivity contribution >= 4 is 29.3 Å². The third kappa shape index (κ3) is 4.63. The minimum absolute atomic E-state index is 0.0638. The first-order chi connectivity index (χ1) is 13.2. The van der Waals surface area contributed by atoms with Gasteiger partial charge in [0.2, 0.25) is 11.8 Å². The van der Waals surface area contributed by atoms with Gasteiger partial charge < -0.3 is 18.8 Å². The van der Waals surface area contributed by atoms with Crippen molar-refractivity contribution in [2.75, 3.05) is 32.1 Å². The van der Waals surface area contributed by atoms with Crippen molar-refractivity contribution in [2.45, 2.75) is 24.4 Å². The van der Waals surface area contributed by atoms with Crippen molar-refractivity contribution < 1.29 is 18.7 Å². The molecule has 2 fully saturated rings. The molecule has 4 rings (SSSR count). The van der Waals surface area contributed by atoms with Gasteiger partial charge in [0.15, 0.2) is 6.29 Å². The summed E-state index contributed by atoms with van der Waals surface area (Å²) in [4.78, 5) is 14.4. The summed E-state index contributed by atoms with van der Waals surface area (Å²) in [6, 6.07) is 7.16. The number of ether oxygens (including phenoxy) is 2. The topological polar surface area (TPSA) is 77.7 Å². The Morgan fingerprint density at radius 1 is 1.22 bits per heavy atom. The van der Waals surface area contributed by atoms with E-state index in [0.29, 0.717) is 35.9 Å². The van der Waals surface area contributed by atoms with Gasteiger partial charge in [-0.25, -0.2) is 0 Å². The van der Waals surface area contributed by atoms with E-state index in [1.54, 1.807) is 12.1 Å². The third-order valence-corrected chi connectivity index (χ3v) is 5.71. The van der Waals surface area contributed by atoms with E-state index in [1.165, 1.54) is 11.8 Å². The Labute approximate surface area is 166 Å². The minimum atomic E-state index is -0.175. The molecule has 1 amide bonds. The molecule has 2 aliphatic heterocycles. The number of aromatic nitrogens is 2. The number of hydrogen-bond acceptors (Lipinski definition) is 7. The Balaban J connectivity index is 1.30. The van der Waals surface area contributed by atoms with Crippen LogP contribution in [0.1, 0.15) is 12.8 Å². The molecule has 144 valence electrons. The van der Waals surface area contributed by atoms with Crippen molar-refractivity contribution in [3.05, 3.63) is 29.3 Å². The van der Waals surface area contributed by atoms with Crippen LogP contribution in [0.3, 0.4) is 0 Å². The van der Waals surface area contributed by atoms with Crippen LogP contribution in [-0.2, 0) is 14.3 Å². The summed E-state index contributed by atoms with van der Waals surface area (Å²) in [5.41, 5.74) is 0.792. The van der Waals surface area contributed by atoms with E-state index >= 15 is 0 Å². The highest BCUT2D eigenvalue weighted by Crippen LogP contribution is 2.27. The number of piperidine rings is 1. The van der Waals surface area contributed by atoms with Gasteiger partial charge in [-0.2, -0.15) is 0 Å². The first-order valence-corrected chi connectivity index (χ1v) is 10.3. The molecule has 7 nitrogen and oxygen atoms in total.